The molecule has 3 aromatic carbocycles. The van der Waals surface area contributed by atoms with Crippen molar-refractivity contribution in [3.63, 3.8) is 0 Å². The highest BCUT2D eigenvalue weighted by atomic mass is 79.9. The Labute approximate surface area is 222 Å². The van der Waals surface area contributed by atoms with E-state index in [2.05, 4.69) is 31.9 Å². The number of hydrogen-bond donors (Lipinski definition) is 3. The lowest BCUT2D eigenvalue weighted by Crippen LogP contribution is -2.48. The van der Waals surface area contributed by atoms with Gasteiger partial charge in [-0.3, -0.25) is 14.5 Å². The van der Waals surface area contributed by atoms with Crippen LogP contribution in [0, 0.1) is 0 Å². The molecule has 0 fully saturated rings. The van der Waals surface area contributed by atoms with Crippen molar-refractivity contribution in [2.45, 2.75) is 37.8 Å². The standard InChI is InChI=1S/C27H29Br2N3O3/c28-21-15-18(16-22(29)25(21)33)17-32(26(34)23(31)13-7-8-14-30)27(35)24(19-9-3-1-4-10-19)20-11-5-2-6-12-20/h1-6,9-12,15-16,23-24,33H,7-8,13-14,17,30-31H2. The highest BCUT2D eigenvalue weighted by Crippen LogP contribution is 2.34. The molecule has 0 aliphatic carbocycles. The summed E-state index contributed by atoms with van der Waals surface area (Å²) in [5.41, 5.74) is 14.1. The highest BCUT2D eigenvalue weighted by Gasteiger charge is 2.33. The lowest BCUT2D eigenvalue weighted by Gasteiger charge is -2.29. The third-order valence-corrected chi connectivity index (χ3v) is 6.96. The summed E-state index contributed by atoms with van der Waals surface area (Å²) < 4.78 is 0.910. The van der Waals surface area contributed by atoms with Gasteiger partial charge < -0.3 is 16.6 Å². The van der Waals surface area contributed by atoms with Gasteiger partial charge in [0.2, 0.25) is 11.8 Å². The Morgan fingerprint density at radius 2 is 1.37 bits per heavy atom. The van der Waals surface area contributed by atoms with E-state index in [4.69, 9.17) is 11.5 Å². The van der Waals surface area contributed by atoms with Gasteiger partial charge in [-0.1, -0.05) is 67.1 Å². The van der Waals surface area contributed by atoms with Crippen molar-refractivity contribution in [1.82, 2.24) is 4.90 Å². The lowest BCUT2D eigenvalue weighted by atomic mass is 9.89. The van der Waals surface area contributed by atoms with Crippen molar-refractivity contribution in [1.29, 1.82) is 0 Å². The third kappa shape index (κ3) is 7.01. The zero-order chi connectivity index (χ0) is 25.4. The van der Waals surface area contributed by atoms with Gasteiger partial charge in [0.25, 0.3) is 0 Å². The van der Waals surface area contributed by atoms with Crippen LogP contribution in [-0.4, -0.2) is 34.4 Å². The minimum atomic E-state index is -0.832. The summed E-state index contributed by atoms with van der Waals surface area (Å²) in [5, 5.41) is 10.1. The second-order valence-electron chi connectivity index (χ2n) is 8.32. The van der Waals surface area contributed by atoms with E-state index in [9.17, 15) is 14.7 Å². The lowest BCUT2D eigenvalue weighted by molar-refractivity contribution is -0.147. The Bertz CT molecular complexity index is 1080. The largest absolute Gasteiger partial charge is 0.506 e. The maximum atomic E-state index is 14.1. The topological polar surface area (TPSA) is 110 Å². The van der Waals surface area contributed by atoms with Gasteiger partial charge >= 0.3 is 0 Å². The molecule has 1 unspecified atom stereocenters. The monoisotopic (exact) mass is 601 g/mol. The predicted octanol–water partition coefficient (Wildman–Crippen LogP) is 5.06. The van der Waals surface area contributed by atoms with Gasteiger partial charge in [0.05, 0.1) is 27.4 Å². The molecule has 0 spiro atoms. The number of phenolic OH excluding ortho intramolecular Hbond substituents is 1. The first-order valence-electron chi connectivity index (χ1n) is 11.4. The highest BCUT2D eigenvalue weighted by molar-refractivity contribution is 9.11. The molecule has 35 heavy (non-hydrogen) atoms. The number of nitrogens with zero attached hydrogens (tertiary/aromatic N) is 1. The smallest absolute Gasteiger partial charge is 0.246 e. The van der Waals surface area contributed by atoms with E-state index in [0.717, 1.165) is 17.5 Å². The Kier molecular flexibility index (Phi) is 10.0. The molecular weight excluding hydrogens is 574 g/mol. The summed E-state index contributed by atoms with van der Waals surface area (Å²) >= 11 is 6.66. The van der Waals surface area contributed by atoms with Gasteiger partial charge in [0.15, 0.2) is 0 Å². The molecule has 6 nitrogen and oxygen atoms in total. The minimum absolute atomic E-state index is 0.00982. The molecule has 0 radical (unpaired) electrons. The predicted molar refractivity (Wildman–Crippen MR) is 145 cm³/mol. The fraction of sp³-hybridized carbons (Fsp3) is 0.259. The van der Waals surface area contributed by atoms with E-state index in [1.165, 1.54) is 4.90 Å². The van der Waals surface area contributed by atoms with Crippen molar-refractivity contribution < 1.29 is 14.7 Å². The summed E-state index contributed by atoms with van der Waals surface area (Å²) in [6.07, 6.45) is 1.89. The Hall–Kier alpha value is -2.52. The first-order chi connectivity index (χ1) is 16.8. The van der Waals surface area contributed by atoms with Crippen LogP contribution in [-0.2, 0) is 16.1 Å². The molecule has 5 N–H and O–H groups in total. The average molecular weight is 603 g/mol. The third-order valence-electron chi connectivity index (χ3n) is 5.75. The molecule has 0 heterocycles. The van der Waals surface area contributed by atoms with Gasteiger partial charge in [-0.15, -0.1) is 0 Å². The van der Waals surface area contributed by atoms with Crippen molar-refractivity contribution in [2.24, 2.45) is 11.5 Å². The average Bonchev–Trinajstić information content (AvgIpc) is 2.86. The molecule has 8 heteroatoms. The number of unbranched alkanes of at least 4 members (excludes halogenated alkanes) is 1. The van der Waals surface area contributed by atoms with Crippen molar-refractivity contribution >= 4 is 43.7 Å². The van der Waals surface area contributed by atoms with Crippen LogP contribution >= 0.6 is 31.9 Å². The molecule has 184 valence electrons. The maximum absolute atomic E-state index is 14.1. The van der Waals surface area contributed by atoms with E-state index in [1.807, 2.05) is 60.7 Å². The molecule has 0 saturated carbocycles. The minimum Gasteiger partial charge on any atom is -0.506 e. The second kappa shape index (κ2) is 13.0. The van der Waals surface area contributed by atoms with E-state index >= 15 is 0 Å². The van der Waals surface area contributed by atoms with Crippen LogP contribution in [0.3, 0.4) is 0 Å². The molecule has 0 bridgehead atoms. The molecule has 3 aromatic rings. The van der Waals surface area contributed by atoms with E-state index in [0.29, 0.717) is 33.9 Å². The van der Waals surface area contributed by atoms with Gasteiger partial charge in [0.1, 0.15) is 5.75 Å². The van der Waals surface area contributed by atoms with Gasteiger partial charge in [0, 0.05) is 0 Å². The van der Waals surface area contributed by atoms with Crippen LogP contribution in [0.15, 0.2) is 81.7 Å². The van der Waals surface area contributed by atoms with Crippen LogP contribution in [0.1, 0.15) is 41.9 Å². The van der Waals surface area contributed by atoms with Gasteiger partial charge in [-0.25, -0.2) is 0 Å². The number of aromatic hydroxyl groups is 1. The number of amides is 2. The Morgan fingerprint density at radius 3 is 1.86 bits per heavy atom. The molecule has 0 aliphatic rings. The molecule has 2 amide bonds. The SMILES string of the molecule is NCCCCC(N)C(=O)N(Cc1cc(Br)c(O)c(Br)c1)C(=O)C(c1ccccc1)c1ccccc1. The van der Waals surface area contributed by atoms with Crippen LogP contribution in [0.2, 0.25) is 0 Å². The fourth-order valence-corrected chi connectivity index (χ4v) is 5.19. The van der Waals surface area contributed by atoms with Crippen LogP contribution in [0.25, 0.3) is 0 Å². The van der Waals surface area contributed by atoms with Crippen LogP contribution in [0.4, 0.5) is 0 Å². The molecule has 0 aromatic heterocycles. The van der Waals surface area contributed by atoms with E-state index in [-0.39, 0.29) is 18.2 Å². The maximum Gasteiger partial charge on any atom is 0.246 e. The summed E-state index contributed by atoms with van der Waals surface area (Å²) in [6, 6.07) is 21.3. The summed E-state index contributed by atoms with van der Waals surface area (Å²) in [7, 11) is 0. The van der Waals surface area contributed by atoms with Gasteiger partial charge in [-0.2, -0.15) is 0 Å². The molecule has 0 saturated heterocycles. The quantitative estimate of drug-likeness (QED) is 0.281. The Morgan fingerprint density at radius 1 is 0.857 bits per heavy atom. The number of rotatable bonds is 10. The van der Waals surface area contributed by atoms with E-state index < -0.39 is 17.9 Å². The molecular formula is C27H29Br2N3O3. The molecule has 1 atom stereocenters. The van der Waals surface area contributed by atoms with Crippen molar-refractivity contribution in [3.8, 4) is 5.75 Å². The van der Waals surface area contributed by atoms with Crippen LogP contribution < -0.4 is 11.5 Å². The molecule has 0 aliphatic heterocycles. The number of carbonyl (C=O) groups excluding carboxylic acids is 2. The number of carbonyl (C=O) groups is 2. The normalized spacial score (nSPS) is 11.9. The summed E-state index contributed by atoms with van der Waals surface area (Å²) in [6.45, 7) is 0.527. The van der Waals surface area contributed by atoms with Crippen LogP contribution in [0.5, 0.6) is 5.75 Å². The number of benzene rings is 3. The zero-order valence-corrected chi connectivity index (χ0v) is 22.4. The summed E-state index contributed by atoms with van der Waals surface area (Å²) in [4.78, 5) is 28.9. The Balaban J connectivity index is 2.03. The number of nitrogens with two attached hydrogens (primary N) is 2. The van der Waals surface area contributed by atoms with Crippen molar-refractivity contribution in [3.05, 3.63) is 98.4 Å². The number of hydrogen-bond acceptors (Lipinski definition) is 5. The number of phenols is 1. The first kappa shape index (κ1) is 27.1. The fourth-order valence-electron chi connectivity index (χ4n) is 3.91. The summed E-state index contributed by atoms with van der Waals surface area (Å²) in [5.74, 6) is -1.43. The van der Waals surface area contributed by atoms with Gasteiger partial charge in [-0.05, 0) is 80.1 Å². The second-order valence-corrected chi connectivity index (χ2v) is 10.0. The number of imide groups is 1. The first-order valence-corrected chi connectivity index (χ1v) is 13.0. The van der Waals surface area contributed by atoms with Crippen molar-refractivity contribution in [2.75, 3.05) is 6.54 Å². The zero-order valence-electron chi connectivity index (χ0n) is 19.2. The molecule has 3 rings (SSSR count). The van der Waals surface area contributed by atoms with E-state index in [1.54, 1.807) is 12.1 Å². The number of halogens is 2.